The Kier molecular flexibility index (Phi) is 6.42. The molecule has 0 saturated heterocycles. The van der Waals surface area contributed by atoms with E-state index in [4.69, 9.17) is 4.42 Å². The third-order valence-corrected chi connectivity index (χ3v) is 3.19. The van der Waals surface area contributed by atoms with Crippen molar-refractivity contribution in [2.24, 2.45) is 5.92 Å². The number of carbonyl (C=O) groups excluding carboxylic acids is 2. The monoisotopic (exact) mass is 296 g/mol. The number of amides is 1. The number of carbonyl (C=O) groups is 2. The highest BCUT2D eigenvalue weighted by Gasteiger charge is 2.20. The molecule has 1 N–H and O–H groups in total. The molecule has 1 rings (SSSR count). The van der Waals surface area contributed by atoms with Gasteiger partial charge in [0, 0.05) is 6.54 Å². The minimum atomic E-state index is -0.509. The van der Waals surface area contributed by atoms with Gasteiger partial charge in [0.2, 0.25) is 11.7 Å². The molecule has 0 bridgehead atoms. The molecule has 6 nitrogen and oxygen atoms in total. The first-order valence-corrected chi connectivity index (χ1v) is 7.00. The van der Waals surface area contributed by atoms with Crippen LogP contribution in [0.2, 0.25) is 0 Å². The standard InChI is InChI=1S/C15H24N2O4/c1-10(2)8-16-14(18)9-17(4)11(3)12-6-7-13(21-12)15(19)20-5/h6-7,10-11H,8-9H2,1-5H3,(H,16,18). The normalized spacial score (nSPS) is 12.5. The highest BCUT2D eigenvalue weighted by atomic mass is 16.5. The molecule has 1 aromatic rings. The van der Waals surface area contributed by atoms with Crippen LogP contribution in [0.3, 0.4) is 0 Å². The van der Waals surface area contributed by atoms with E-state index in [0.29, 0.717) is 18.2 Å². The number of methoxy groups -OCH3 is 1. The van der Waals surface area contributed by atoms with Crippen molar-refractivity contribution in [3.63, 3.8) is 0 Å². The Hall–Kier alpha value is -1.82. The molecule has 1 amide bonds. The summed E-state index contributed by atoms with van der Waals surface area (Å²) in [4.78, 5) is 25.0. The third-order valence-electron chi connectivity index (χ3n) is 3.19. The van der Waals surface area contributed by atoms with Crippen LogP contribution in [0.25, 0.3) is 0 Å². The second-order valence-electron chi connectivity index (χ2n) is 5.48. The first-order valence-electron chi connectivity index (χ1n) is 7.00. The molecule has 0 saturated carbocycles. The van der Waals surface area contributed by atoms with Gasteiger partial charge in [0.15, 0.2) is 0 Å². The maximum absolute atomic E-state index is 11.8. The van der Waals surface area contributed by atoms with Crippen LogP contribution in [0.5, 0.6) is 0 Å². The predicted octanol–water partition coefficient (Wildman–Crippen LogP) is 1.83. The Balaban J connectivity index is 2.57. The van der Waals surface area contributed by atoms with Gasteiger partial charge in [-0.3, -0.25) is 9.69 Å². The zero-order valence-corrected chi connectivity index (χ0v) is 13.3. The number of furan rings is 1. The lowest BCUT2D eigenvalue weighted by atomic mass is 10.2. The average molecular weight is 296 g/mol. The number of likely N-dealkylation sites (N-methyl/N-ethyl adjacent to an activating group) is 1. The van der Waals surface area contributed by atoms with Gasteiger partial charge in [0.1, 0.15) is 5.76 Å². The van der Waals surface area contributed by atoms with Crippen LogP contribution in [0.4, 0.5) is 0 Å². The summed E-state index contributed by atoms with van der Waals surface area (Å²) in [7, 11) is 3.14. The van der Waals surface area contributed by atoms with Gasteiger partial charge in [-0.05, 0) is 32.0 Å². The minimum Gasteiger partial charge on any atom is -0.463 e. The Morgan fingerprint density at radius 2 is 2.00 bits per heavy atom. The van der Waals surface area contributed by atoms with Gasteiger partial charge in [-0.1, -0.05) is 13.8 Å². The molecule has 0 radical (unpaired) electrons. The van der Waals surface area contributed by atoms with Crippen LogP contribution in [0.15, 0.2) is 16.5 Å². The van der Waals surface area contributed by atoms with Crippen molar-refractivity contribution in [2.45, 2.75) is 26.8 Å². The maximum atomic E-state index is 11.8. The van der Waals surface area contributed by atoms with Crippen LogP contribution in [0, 0.1) is 5.92 Å². The van der Waals surface area contributed by atoms with Crippen molar-refractivity contribution < 1.29 is 18.7 Å². The van der Waals surface area contributed by atoms with Crippen LogP contribution >= 0.6 is 0 Å². The molecule has 0 aliphatic rings. The highest BCUT2D eigenvalue weighted by molar-refractivity contribution is 5.86. The molecule has 0 fully saturated rings. The van der Waals surface area contributed by atoms with Crippen molar-refractivity contribution in [2.75, 3.05) is 27.2 Å². The number of ether oxygens (including phenoxy) is 1. The summed E-state index contributed by atoms with van der Waals surface area (Å²) >= 11 is 0. The van der Waals surface area contributed by atoms with E-state index in [-0.39, 0.29) is 24.3 Å². The van der Waals surface area contributed by atoms with E-state index in [0.717, 1.165) is 0 Å². The maximum Gasteiger partial charge on any atom is 0.373 e. The van der Waals surface area contributed by atoms with Gasteiger partial charge in [0.25, 0.3) is 0 Å². The second kappa shape index (κ2) is 7.83. The molecule has 118 valence electrons. The van der Waals surface area contributed by atoms with E-state index < -0.39 is 5.97 Å². The van der Waals surface area contributed by atoms with E-state index in [1.807, 2.05) is 32.7 Å². The van der Waals surface area contributed by atoms with Crippen molar-refractivity contribution in [3.05, 3.63) is 23.7 Å². The Labute approximate surface area is 125 Å². The van der Waals surface area contributed by atoms with Crippen LogP contribution < -0.4 is 5.32 Å². The van der Waals surface area contributed by atoms with E-state index in [1.165, 1.54) is 7.11 Å². The zero-order chi connectivity index (χ0) is 16.0. The first kappa shape index (κ1) is 17.2. The summed E-state index contributed by atoms with van der Waals surface area (Å²) in [5.41, 5.74) is 0. The Morgan fingerprint density at radius 3 is 2.57 bits per heavy atom. The molecular weight excluding hydrogens is 272 g/mol. The lowest BCUT2D eigenvalue weighted by molar-refractivity contribution is -0.122. The van der Waals surface area contributed by atoms with Gasteiger partial charge >= 0.3 is 5.97 Å². The topological polar surface area (TPSA) is 71.8 Å². The van der Waals surface area contributed by atoms with Crippen molar-refractivity contribution >= 4 is 11.9 Å². The fourth-order valence-electron chi connectivity index (χ4n) is 1.74. The fraction of sp³-hybridized carbons (Fsp3) is 0.600. The van der Waals surface area contributed by atoms with E-state index in [9.17, 15) is 9.59 Å². The second-order valence-corrected chi connectivity index (χ2v) is 5.48. The number of rotatable bonds is 7. The number of hydrogen-bond acceptors (Lipinski definition) is 5. The van der Waals surface area contributed by atoms with Gasteiger partial charge in [0.05, 0.1) is 19.7 Å². The Morgan fingerprint density at radius 1 is 1.33 bits per heavy atom. The van der Waals surface area contributed by atoms with Crippen LogP contribution in [-0.2, 0) is 9.53 Å². The lowest BCUT2D eigenvalue weighted by Gasteiger charge is -2.22. The number of nitrogens with one attached hydrogen (secondary N) is 1. The summed E-state index contributed by atoms with van der Waals surface area (Å²) in [6.07, 6.45) is 0. The van der Waals surface area contributed by atoms with Crippen LogP contribution in [-0.4, -0.2) is 44.0 Å². The highest BCUT2D eigenvalue weighted by Crippen LogP contribution is 2.21. The Bertz CT molecular complexity index is 482. The molecule has 0 aromatic carbocycles. The SMILES string of the molecule is COC(=O)c1ccc(C(C)N(C)CC(=O)NCC(C)C)o1. The van der Waals surface area contributed by atoms with Gasteiger partial charge in [-0.25, -0.2) is 4.79 Å². The predicted molar refractivity (Wildman–Crippen MR) is 78.9 cm³/mol. The molecule has 6 heteroatoms. The summed E-state index contributed by atoms with van der Waals surface area (Å²) in [6, 6.07) is 3.18. The molecule has 0 aliphatic heterocycles. The fourth-order valence-corrected chi connectivity index (χ4v) is 1.74. The van der Waals surface area contributed by atoms with E-state index in [2.05, 4.69) is 10.1 Å². The summed E-state index contributed by atoms with van der Waals surface area (Å²) in [6.45, 7) is 6.93. The molecule has 1 unspecified atom stereocenters. The summed E-state index contributed by atoms with van der Waals surface area (Å²) in [5.74, 6) is 0.666. The van der Waals surface area contributed by atoms with Crippen molar-refractivity contribution in [1.82, 2.24) is 10.2 Å². The van der Waals surface area contributed by atoms with Crippen molar-refractivity contribution in [3.8, 4) is 0 Å². The molecule has 21 heavy (non-hydrogen) atoms. The quantitative estimate of drug-likeness (QED) is 0.777. The molecule has 1 aromatic heterocycles. The van der Waals surface area contributed by atoms with Gasteiger partial charge in [-0.2, -0.15) is 0 Å². The van der Waals surface area contributed by atoms with Crippen LogP contribution in [0.1, 0.15) is 43.1 Å². The third kappa shape index (κ3) is 5.23. The number of hydrogen-bond donors (Lipinski definition) is 1. The number of nitrogens with zero attached hydrogens (tertiary/aromatic N) is 1. The van der Waals surface area contributed by atoms with E-state index >= 15 is 0 Å². The molecule has 1 heterocycles. The molecule has 1 atom stereocenters. The van der Waals surface area contributed by atoms with Crippen molar-refractivity contribution in [1.29, 1.82) is 0 Å². The summed E-state index contributed by atoms with van der Waals surface area (Å²) in [5, 5.41) is 2.87. The number of esters is 1. The minimum absolute atomic E-state index is 0.0298. The summed E-state index contributed by atoms with van der Waals surface area (Å²) < 4.78 is 10.0. The van der Waals surface area contributed by atoms with Gasteiger partial charge < -0.3 is 14.5 Å². The molecular formula is C15H24N2O4. The first-order chi connectivity index (χ1) is 9.85. The zero-order valence-electron chi connectivity index (χ0n) is 13.3. The average Bonchev–Trinajstić information content (AvgIpc) is 2.93. The van der Waals surface area contributed by atoms with E-state index in [1.54, 1.807) is 12.1 Å². The molecule has 0 spiro atoms. The molecule has 0 aliphatic carbocycles. The smallest absolute Gasteiger partial charge is 0.373 e. The van der Waals surface area contributed by atoms with Gasteiger partial charge in [-0.15, -0.1) is 0 Å². The lowest BCUT2D eigenvalue weighted by Crippen LogP contribution is -2.37. The largest absolute Gasteiger partial charge is 0.463 e.